The van der Waals surface area contributed by atoms with E-state index in [4.69, 9.17) is 5.11 Å². The van der Waals surface area contributed by atoms with E-state index in [0.29, 0.717) is 5.01 Å². The second kappa shape index (κ2) is 4.32. The van der Waals surface area contributed by atoms with Gasteiger partial charge in [0.05, 0.1) is 0 Å². The molecule has 72 valence electrons. The van der Waals surface area contributed by atoms with Gasteiger partial charge < -0.3 is 5.11 Å². The van der Waals surface area contributed by atoms with Crippen LogP contribution >= 0.6 is 11.5 Å². The Bertz CT molecular complexity index is 298. The van der Waals surface area contributed by atoms with Gasteiger partial charge in [0.25, 0.3) is 0 Å². The smallest absolute Gasteiger partial charge is 0.313 e. The maximum Gasteiger partial charge on any atom is 0.313 e. The first-order valence-electron chi connectivity index (χ1n) is 4.20. The average molecular weight is 200 g/mol. The molecule has 0 aliphatic carbocycles. The first-order valence-corrected chi connectivity index (χ1v) is 4.97. The predicted octanol–water partition coefficient (Wildman–Crippen LogP) is 1.68. The van der Waals surface area contributed by atoms with Gasteiger partial charge in [0.15, 0.2) is 0 Å². The van der Waals surface area contributed by atoms with Crippen LogP contribution in [0.15, 0.2) is 0 Å². The van der Waals surface area contributed by atoms with Crippen molar-refractivity contribution in [2.45, 2.75) is 32.6 Å². The average Bonchev–Trinajstić information content (AvgIpc) is 2.52. The third-order valence-corrected chi connectivity index (χ3v) is 2.63. The standard InChI is InChI=1S/C8H12N2O2S/c1-3-4-6-9-7(13-10-6)5(2)8(11)12/h5H,3-4H2,1-2H3,(H,11,12). The van der Waals surface area contributed by atoms with Crippen molar-refractivity contribution in [1.82, 2.24) is 9.36 Å². The second-order valence-corrected chi connectivity index (χ2v) is 3.64. The van der Waals surface area contributed by atoms with Crippen LogP contribution in [0.4, 0.5) is 0 Å². The van der Waals surface area contributed by atoms with Crippen LogP contribution in [0.5, 0.6) is 0 Å². The van der Waals surface area contributed by atoms with Crippen LogP contribution in [0.25, 0.3) is 0 Å². The lowest BCUT2D eigenvalue weighted by atomic mass is 10.2. The summed E-state index contributed by atoms with van der Waals surface area (Å²) >= 11 is 1.18. The van der Waals surface area contributed by atoms with Gasteiger partial charge in [-0.15, -0.1) is 0 Å². The van der Waals surface area contributed by atoms with Crippen molar-refractivity contribution in [3.8, 4) is 0 Å². The summed E-state index contributed by atoms with van der Waals surface area (Å²) in [5.41, 5.74) is 0. The second-order valence-electron chi connectivity index (χ2n) is 2.86. The maximum absolute atomic E-state index is 10.6. The highest BCUT2D eigenvalue weighted by Crippen LogP contribution is 2.17. The summed E-state index contributed by atoms with van der Waals surface area (Å²) in [6.45, 7) is 3.67. The van der Waals surface area contributed by atoms with E-state index in [1.165, 1.54) is 11.5 Å². The van der Waals surface area contributed by atoms with Gasteiger partial charge in [-0.1, -0.05) is 6.92 Å². The number of aryl methyl sites for hydroxylation is 1. The fourth-order valence-electron chi connectivity index (χ4n) is 0.874. The zero-order valence-corrected chi connectivity index (χ0v) is 8.47. The summed E-state index contributed by atoms with van der Waals surface area (Å²) in [5, 5.41) is 9.31. The van der Waals surface area contributed by atoms with E-state index in [9.17, 15) is 4.79 Å². The van der Waals surface area contributed by atoms with Gasteiger partial charge in [-0.3, -0.25) is 4.79 Å². The minimum atomic E-state index is -0.848. The zero-order chi connectivity index (χ0) is 9.84. The molecule has 0 saturated carbocycles. The lowest BCUT2D eigenvalue weighted by molar-refractivity contribution is -0.138. The summed E-state index contributed by atoms with van der Waals surface area (Å²) in [6, 6.07) is 0. The van der Waals surface area contributed by atoms with Crippen molar-refractivity contribution in [2.24, 2.45) is 0 Å². The van der Waals surface area contributed by atoms with Crippen molar-refractivity contribution in [2.75, 3.05) is 0 Å². The summed E-state index contributed by atoms with van der Waals surface area (Å²) in [6.07, 6.45) is 1.81. The van der Waals surface area contributed by atoms with Crippen LogP contribution in [-0.4, -0.2) is 20.4 Å². The monoisotopic (exact) mass is 200 g/mol. The molecule has 1 heterocycles. The number of hydrogen-bond donors (Lipinski definition) is 1. The number of aromatic nitrogens is 2. The molecule has 1 atom stereocenters. The Kier molecular flexibility index (Phi) is 3.36. The molecule has 5 heteroatoms. The molecule has 0 fully saturated rings. The number of hydrogen-bond acceptors (Lipinski definition) is 4. The molecule has 0 spiro atoms. The molecule has 0 bridgehead atoms. The molecular weight excluding hydrogens is 188 g/mol. The molecule has 1 unspecified atom stereocenters. The lowest BCUT2D eigenvalue weighted by Gasteiger charge is -1.97. The van der Waals surface area contributed by atoms with Crippen LogP contribution < -0.4 is 0 Å². The van der Waals surface area contributed by atoms with Crippen LogP contribution in [0.2, 0.25) is 0 Å². The van der Waals surface area contributed by atoms with Gasteiger partial charge in [0, 0.05) is 6.42 Å². The van der Waals surface area contributed by atoms with Gasteiger partial charge in [-0.25, -0.2) is 4.98 Å². The minimum absolute atomic E-state index is 0.539. The molecule has 1 aromatic heterocycles. The Morgan fingerprint density at radius 2 is 2.38 bits per heavy atom. The first-order chi connectivity index (χ1) is 6.15. The summed E-state index contributed by atoms with van der Waals surface area (Å²) in [7, 11) is 0. The highest BCUT2D eigenvalue weighted by molar-refractivity contribution is 7.05. The van der Waals surface area contributed by atoms with Crippen LogP contribution in [0.1, 0.15) is 37.0 Å². The highest BCUT2D eigenvalue weighted by atomic mass is 32.1. The van der Waals surface area contributed by atoms with E-state index >= 15 is 0 Å². The Balaban J connectivity index is 2.73. The maximum atomic E-state index is 10.6. The molecule has 1 rings (SSSR count). The Hall–Kier alpha value is -0.970. The van der Waals surface area contributed by atoms with Gasteiger partial charge in [-0.05, 0) is 24.9 Å². The molecule has 1 aromatic rings. The third kappa shape index (κ3) is 2.48. The fourth-order valence-corrected chi connectivity index (χ4v) is 1.61. The van der Waals surface area contributed by atoms with Crippen LogP contribution in [0, 0.1) is 0 Å². The SMILES string of the molecule is CCCc1nsc(C(C)C(=O)O)n1. The molecule has 0 aliphatic heterocycles. The third-order valence-electron chi connectivity index (χ3n) is 1.70. The number of rotatable bonds is 4. The van der Waals surface area contributed by atoms with Crippen molar-refractivity contribution in [3.63, 3.8) is 0 Å². The van der Waals surface area contributed by atoms with Crippen LogP contribution in [-0.2, 0) is 11.2 Å². The van der Waals surface area contributed by atoms with Crippen molar-refractivity contribution >= 4 is 17.5 Å². The number of carboxylic acids is 1. The molecule has 0 amide bonds. The van der Waals surface area contributed by atoms with Crippen molar-refractivity contribution in [3.05, 3.63) is 10.8 Å². The van der Waals surface area contributed by atoms with Gasteiger partial charge in [0.2, 0.25) is 0 Å². The molecule has 0 aliphatic rings. The van der Waals surface area contributed by atoms with E-state index in [1.54, 1.807) is 6.92 Å². The summed E-state index contributed by atoms with van der Waals surface area (Å²) < 4.78 is 4.08. The van der Waals surface area contributed by atoms with Crippen molar-refractivity contribution in [1.29, 1.82) is 0 Å². The van der Waals surface area contributed by atoms with Crippen molar-refractivity contribution < 1.29 is 9.90 Å². The Morgan fingerprint density at radius 3 is 2.92 bits per heavy atom. The normalized spacial score (nSPS) is 12.8. The summed E-state index contributed by atoms with van der Waals surface area (Å²) in [4.78, 5) is 14.8. The van der Waals surface area contributed by atoms with Gasteiger partial charge in [-0.2, -0.15) is 4.37 Å². The van der Waals surface area contributed by atoms with E-state index in [-0.39, 0.29) is 0 Å². The number of nitrogens with zero attached hydrogens (tertiary/aromatic N) is 2. The number of carboxylic acid groups (broad SMARTS) is 1. The zero-order valence-electron chi connectivity index (χ0n) is 7.65. The van der Waals surface area contributed by atoms with E-state index in [2.05, 4.69) is 9.36 Å². The largest absolute Gasteiger partial charge is 0.481 e. The molecule has 1 N–H and O–H groups in total. The molecule has 0 radical (unpaired) electrons. The van der Waals surface area contributed by atoms with E-state index < -0.39 is 11.9 Å². The van der Waals surface area contributed by atoms with E-state index in [1.807, 2.05) is 6.92 Å². The number of carbonyl (C=O) groups is 1. The quantitative estimate of drug-likeness (QED) is 0.803. The van der Waals surface area contributed by atoms with Gasteiger partial charge >= 0.3 is 5.97 Å². The summed E-state index contributed by atoms with van der Waals surface area (Å²) in [5.74, 6) is -0.627. The van der Waals surface area contributed by atoms with E-state index in [0.717, 1.165) is 18.7 Å². The molecule has 0 saturated heterocycles. The Morgan fingerprint density at radius 1 is 1.69 bits per heavy atom. The minimum Gasteiger partial charge on any atom is -0.481 e. The topological polar surface area (TPSA) is 63.1 Å². The molecular formula is C8H12N2O2S. The predicted molar refractivity (Wildman–Crippen MR) is 50.0 cm³/mol. The number of aliphatic carboxylic acids is 1. The Labute approximate surface area is 80.8 Å². The molecule has 0 aromatic carbocycles. The highest BCUT2D eigenvalue weighted by Gasteiger charge is 2.18. The van der Waals surface area contributed by atoms with Crippen LogP contribution in [0.3, 0.4) is 0 Å². The first kappa shape index (κ1) is 10.1. The fraction of sp³-hybridized carbons (Fsp3) is 0.625. The molecule has 13 heavy (non-hydrogen) atoms. The molecule has 4 nitrogen and oxygen atoms in total. The van der Waals surface area contributed by atoms with Gasteiger partial charge in [0.1, 0.15) is 16.7 Å². The lowest BCUT2D eigenvalue weighted by Crippen LogP contribution is -2.06.